The van der Waals surface area contributed by atoms with Gasteiger partial charge in [0, 0.05) is 18.2 Å². The Bertz CT molecular complexity index is 443. The van der Waals surface area contributed by atoms with E-state index in [4.69, 9.17) is 5.11 Å². The van der Waals surface area contributed by atoms with Gasteiger partial charge in [-0.25, -0.2) is 9.18 Å². The average molecular weight is 251 g/mol. The summed E-state index contributed by atoms with van der Waals surface area (Å²) >= 11 is 0. The van der Waals surface area contributed by atoms with Crippen molar-refractivity contribution in [3.63, 3.8) is 0 Å². The third-order valence-corrected chi connectivity index (χ3v) is 2.52. The molecular formula is C14H18FNO2. The quantitative estimate of drug-likeness (QED) is 0.790. The second-order valence-corrected chi connectivity index (χ2v) is 4.27. The number of rotatable bonds is 6. The van der Waals surface area contributed by atoms with Crippen molar-refractivity contribution in [2.45, 2.75) is 19.9 Å². The molecule has 3 nitrogen and oxygen atoms in total. The fourth-order valence-corrected chi connectivity index (χ4v) is 1.75. The Labute approximate surface area is 107 Å². The van der Waals surface area contributed by atoms with Gasteiger partial charge < -0.3 is 10.0 Å². The van der Waals surface area contributed by atoms with Gasteiger partial charge in [0.05, 0.1) is 0 Å². The summed E-state index contributed by atoms with van der Waals surface area (Å²) in [7, 11) is 2.00. The van der Waals surface area contributed by atoms with Gasteiger partial charge in [0.2, 0.25) is 0 Å². The van der Waals surface area contributed by atoms with E-state index in [1.165, 1.54) is 12.1 Å². The van der Waals surface area contributed by atoms with E-state index in [9.17, 15) is 9.18 Å². The monoisotopic (exact) mass is 251 g/mol. The number of benzene rings is 1. The summed E-state index contributed by atoms with van der Waals surface area (Å²) in [6, 6.07) is 4.77. The molecule has 0 aliphatic carbocycles. The first kappa shape index (κ1) is 14.4. The molecule has 0 amide bonds. The fraction of sp³-hybridized carbons (Fsp3) is 0.357. The lowest BCUT2D eigenvalue weighted by Crippen LogP contribution is -2.18. The summed E-state index contributed by atoms with van der Waals surface area (Å²) in [5.74, 6) is -1.49. The topological polar surface area (TPSA) is 40.5 Å². The zero-order valence-electron chi connectivity index (χ0n) is 10.7. The SMILES string of the molecule is CCCN(C)Cc1ccc(F)c(/C=C/C(=O)O)c1. The summed E-state index contributed by atoms with van der Waals surface area (Å²) in [4.78, 5) is 12.6. The van der Waals surface area contributed by atoms with Crippen LogP contribution in [0, 0.1) is 5.82 Å². The van der Waals surface area contributed by atoms with Crippen molar-refractivity contribution in [3.8, 4) is 0 Å². The van der Waals surface area contributed by atoms with E-state index in [1.807, 2.05) is 7.05 Å². The van der Waals surface area contributed by atoms with E-state index in [-0.39, 0.29) is 0 Å². The molecule has 0 fully saturated rings. The minimum absolute atomic E-state index is 0.305. The zero-order valence-corrected chi connectivity index (χ0v) is 10.7. The Kier molecular flexibility index (Phi) is 5.52. The van der Waals surface area contributed by atoms with Crippen molar-refractivity contribution in [3.05, 3.63) is 41.2 Å². The lowest BCUT2D eigenvalue weighted by Gasteiger charge is -2.15. The molecule has 4 heteroatoms. The average Bonchev–Trinajstić information content (AvgIpc) is 2.30. The summed E-state index contributed by atoms with van der Waals surface area (Å²) < 4.78 is 13.4. The molecule has 0 radical (unpaired) electrons. The fourth-order valence-electron chi connectivity index (χ4n) is 1.75. The highest BCUT2D eigenvalue weighted by molar-refractivity contribution is 5.85. The number of halogens is 1. The second-order valence-electron chi connectivity index (χ2n) is 4.27. The zero-order chi connectivity index (χ0) is 13.5. The number of hydrogen-bond acceptors (Lipinski definition) is 2. The van der Waals surface area contributed by atoms with Crippen molar-refractivity contribution in [2.75, 3.05) is 13.6 Å². The van der Waals surface area contributed by atoms with Crippen LogP contribution >= 0.6 is 0 Å². The van der Waals surface area contributed by atoms with Gasteiger partial charge in [0.15, 0.2) is 0 Å². The Morgan fingerprint density at radius 2 is 2.22 bits per heavy atom. The van der Waals surface area contributed by atoms with Gasteiger partial charge in [-0.2, -0.15) is 0 Å². The molecule has 1 aromatic rings. The molecule has 0 atom stereocenters. The Morgan fingerprint density at radius 1 is 1.50 bits per heavy atom. The number of nitrogens with zero attached hydrogens (tertiary/aromatic N) is 1. The van der Waals surface area contributed by atoms with Crippen molar-refractivity contribution in [2.24, 2.45) is 0 Å². The van der Waals surface area contributed by atoms with Crippen LogP contribution < -0.4 is 0 Å². The van der Waals surface area contributed by atoms with Crippen LogP contribution in [0.3, 0.4) is 0 Å². The van der Waals surface area contributed by atoms with Crippen LogP contribution in [0.25, 0.3) is 6.08 Å². The van der Waals surface area contributed by atoms with Gasteiger partial charge in [-0.1, -0.05) is 13.0 Å². The predicted octanol–water partition coefficient (Wildman–Crippen LogP) is 2.77. The molecule has 1 rings (SSSR count). The molecule has 0 saturated carbocycles. The highest BCUT2D eigenvalue weighted by Gasteiger charge is 2.04. The number of carboxylic acid groups (broad SMARTS) is 1. The lowest BCUT2D eigenvalue weighted by atomic mass is 10.1. The van der Waals surface area contributed by atoms with Gasteiger partial charge in [-0.05, 0) is 43.8 Å². The summed E-state index contributed by atoms with van der Waals surface area (Å²) in [6.45, 7) is 3.79. The lowest BCUT2D eigenvalue weighted by molar-refractivity contribution is -0.131. The summed E-state index contributed by atoms with van der Waals surface area (Å²) in [5.41, 5.74) is 1.28. The molecule has 0 aliphatic heterocycles. The number of carbonyl (C=O) groups is 1. The van der Waals surface area contributed by atoms with E-state index >= 15 is 0 Å². The Balaban J connectivity index is 2.83. The van der Waals surface area contributed by atoms with Crippen molar-refractivity contribution in [1.29, 1.82) is 0 Å². The molecule has 0 bridgehead atoms. The van der Waals surface area contributed by atoms with Crippen LogP contribution in [0.2, 0.25) is 0 Å². The van der Waals surface area contributed by atoms with Crippen LogP contribution in [0.15, 0.2) is 24.3 Å². The number of aliphatic carboxylic acids is 1. The largest absolute Gasteiger partial charge is 0.478 e. The van der Waals surface area contributed by atoms with Gasteiger partial charge >= 0.3 is 5.97 Å². The van der Waals surface area contributed by atoms with Gasteiger partial charge in [0.1, 0.15) is 5.82 Å². The van der Waals surface area contributed by atoms with Crippen molar-refractivity contribution >= 4 is 12.0 Å². The standard InChI is InChI=1S/C14H18FNO2/c1-3-8-16(2)10-11-4-6-13(15)12(9-11)5-7-14(17)18/h4-7,9H,3,8,10H2,1-2H3,(H,17,18)/b7-5+. The summed E-state index contributed by atoms with van der Waals surface area (Å²) in [5, 5.41) is 8.53. The van der Waals surface area contributed by atoms with Crippen LogP contribution in [0.1, 0.15) is 24.5 Å². The van der Waals surface area contributed by atoms with Crippen LogP contribution in [-0.4, -0.2) is 29.6 Å². The molecular weight excluding hydrogens is 233 g/mol. The molecule has 98 valence electrons. The maximum absolute atomic E-state index is 13.4. The van der Waals surface area contributed by atoms with Crippen molar-refractivity contribution < 1.29 is 14.3 Å². The molecule has 0 heterocycles. The van der Waals surface area contributed by atoms with Crippen LogP contribution in [-0.2, 0) is 11.3 Å². The number of hydrogen-bond donors (Lipinski definition) is 1. The van der Waals surface area contributed by atoms with Gasteiger partial charge in [0.25, 0.3) is 0 Å². The Morgan fingerprint density at radius 3 is 2.83 bits per heavy atom. The molecule has 0 aliphatic rings. The second kappa shape index (κ2) is 6.91. The van der Waals surface area contributed by atoms with E-state index < -0.39 is 11.8 Å². The Hall–Kier alpha value is -1.68. The molecule has 18 heavy (non-hydrogen) atoms. The molecule has 1 N–H and O–H groups in total. The maximum Gasteiger partial charge on any atom is 0.328 e. The first-order valence-electron chi connectivity index (χ1n) is 5.91. The van der Waals surface area contributed by atoms with Gasteiger partial charge in [-0.3, -0.25) is 0 Å². The first-order valence-corrected chi connectivity index (χ1v) is 5.91. The van der Waals surface area contributed by atoms with Crippen LogP contribution in [0.5, 0.6) is 0 Å². The minimum Gasteiger partial charge on any atom is -0.478 e. The van der Waals surface area contributed by atoms with Crippen LogP contribution in [0.4, 0.5) is 4.39 Å². The van der Waals surface area contributed by atoms with E-state index in [1.54, 1.807) is 12.1 Å². The minimum atomic E-state index is -1.08. The smallest absolute Gasteiger partial charge is 0.328 e. The highest BCUT2D eigenvalue weighted by Crippen LogP contribution is 2.14. The van der Waals surface area contributed by atoms with E-state index in [0.717, 1.165) is 31.1 Å². The van der Waals surface area contributed by atoms with Crippen molar-refractivity contribution in [1.82, 2.24) is 4.90 Å². The van der Waals surface area contributed by atoms with Gasteiger partial charge in [-0.15, -0.1) is 0 Å². The summed E-state index contributed by atoms with van der Waals surface area (Å²) in [6.07, 6.45) is 3.28. The molecule has 0 spiro atoms. The third kappa shape index (κ3) is 4.67. The normalized spacial score (nSPS) is 11.3. The highest BCUT2D eigenvalue weighted by atomic mass is 19.1. The maximum atomic E-state index is 13.4. The first-order chi connectivity index (χ1) is 8.52. The number of carboxylic acids is 1. The molecule has 0 unspecified atom stereocenters. The molecule has 0 saturated heterocycles. The third-order valence-electron chi connectivity index (χ3n) is 2.52. The molecule has 1 aromatic carbocycles. The predicted molar refractivity (Wildman–Crippen MR) is 69.7 cm³/mol. The molecule has 0 aromatic heterocycles. The van der Waals surface area contributed by atoms with E-state index in [2.05, 4.69) is 11.8 Å². The van der Waals surface area contributed by atoms with E-state index in [0.29, 0.717) is 5.56 Å².